The summed E-state index contributed by atoms with van der Waals surface area (Å²) in [5, 5.41) is 0. The smallest absolute Gasteiger partial charge is 0.163 e. The zero-order valence-electron chi connectivity index (χ0n) is 11.8. The van der Waals surface area contributed by atoms with E-state index in [1.54, 1.807) is 14.2 Å². The molecule has 2 unspecified atom stereocenters. The zero-order chi connectivity index (χ0) is 14.1. The summed E-state index contributed by atoms with van der Waals surface area (Å²) in [6, 6.07) is 3.76. The average molecular weight is 280 g/mol. The van der Waals surface area contributed by atoms with E-state index in [4.69, 9.17) is 24.7 Å². The molecule has 2 aliphatic heterocycles. The number of rotatable bonds is 3. The van der Waals surface area contributed by atoms with Gasteiger partial charge in [-0.05, 0) is 0 Å². The third kappa shape index (κ3) is 2.25. The van der Waals surface area contributed by atoms with Crippen LogP contribution >= 0.6 is 0 Å². The van der Waals surface area contributed by atoms with Crippen molar-refractivity contribution < 1.29 is 18.9 Å². The lowest BCUT2D eigenvalue weighted by molar-refractivity contribution is -0.00461. The lowest BCUT2D eigenvalue weighted by Gasteiger charge is -2.24. The van der Waals surface area contributed by atoms with Crippen molar-refractivity contribution in [1.29, 1.82) is 0 Å². The molecule has 2 N–H and O–H groups in total. The Bertz CT molecular complexity index is 482. The number of ether oxygens (including phenoxy) is 4. The summed E-state index contributed by atoms with van der Waals surface area (Å²) in [4.78, 5) is 2.16. The maximum Gasteiger partial charge on any atom is 0.163 e. The number of benzene rings is 1. The minimum absolute atomic E-state index is 0.0487. The van der Waals surface area contributed by atoms with Gasteiger partial charge in [0.25, 0.3) is 0 Å². The molecule has 6 nitrogen and oxygen atoms in total. The predicted molar refractivity (Wildman–Crippen MR) is 75.7 cm³/mol. The Morgan fingerprint density at radius 1 is 1.05 bits per heavy atom. The van der Waals surface area contributed by atoms with Gasteiger partial charge in [0, 0.05) is 39.4 Å². The minimum Gasteiger partial charge on any atom is -0.486 e. The van der Waals surface area contributed by atoms with Crippen LogP contribution in [0.5, 0.6) is 11.5 Å². The first-order valence-corrected chi connectivity index (χ1v) is 6.72. The summed E-state index contributed by atoms with van der Waals surface area (Å²) in [6.45, 7) is 2.63. The predicted octanol–water partition coefficient (Wildman–Crippen LogP) is 0.890. The molecular weight excluding hydrogens is 260 g/mol. The van der Waals surface area contributed by atoms with Crippen LogP contribution in [0.4, 0.5) is 11.4 Å². The van der Waals surface area contributed by atoms with Gasteiger partial charge in [-0.25, -0.2) is 0 Å². The van der Waals surface area contributed by atoms with Crippen LogP contribution in [-0.2, 0) is 9.47 Å². The van der Waals surface area contributed by atoms with Crippen molar-refractivity contribution in [3.63, 3.8) is 0 Å². The van der Waals surface area contributed by atoms with Crippen molar-refractivity contribution >= 4 is 11.4 Å². The number of nitrogens with two attached hydrogens (primary N) is 1. The van der Waals surface area contributed by atoms with E-state index < -0.39 is 0 Å². The number of methoxy groups -OCH3 is 2. The highest BCUT2D eigenvalue weighted by molar-refractivity contribution is 5.73. The van der Waals surface area contributed by atoms with Gasteiger partial charge in [0.15, 0.2) is 11.5 Å². The third-order valence-corrected chi connectivity index (χ3v) is 3.85. The van der Waals surface area contributed by atoms with Gasteiger partial charge in [-0.1, -0.05) is 0 Å². The van der Waals surface area contributed by atoms with E-state index in [0.29, 0.717) is 24.7 Å². The quantitative estimate of drug-likeness (QED) is 0.830. The third-order valence-electron chi connectivity index (χ3n) is 3.85. The monoisotopic (exact) mass is 280 g/mol. The van der Waals surface area contributed by atoms with Gasteiger partial charge in [-0.15, -0.1) is 0 Å². The standard InChI is InChI=1S/C14H20N2O4/c1-17-13-7-16(8-14(13)18-2)10-6-12-11(5-9(10)15)19-3-4-20-12/h5-6,13-14H,3-4,7-8,15H2,1-2H3. The van der Waals surface area contributed by atoms with Gasteiger partial charge >= 0.3 is 0 Å². The molecule has 1 aromatic carbocycles. The van der Waals surface area contributed by atoms with Crippen molar-refractivity contribution in [2.45, 2.75) is 12.2 Å². The molecule has 2 heterocycles. The highest BCUT2D eigenvalue weighted by atomic mass is 16.6. The lowest BCUT2D eigenvalue weighted by atomic mass is 10.2. The molecule has 0 aromatic heterocycles. The van der Waals surface area contributed by atoms with E-state index in [9.17, 15) is 0 Å². The molecular formula is C14H20N2O4. The second kappa shape index (κ2) is 5.38. The maximum atomic E-state index is 6.14. The van der Waals surface area contributed by atoms with Crippen molar-refractivity contribution in [2.75, 3.05) is 51.2 Å². The lowest BCUT2D eigenvalue weighted by Crippen LogP contribution is -2.27. The Hall–Kier alpha value is -1.66. The normalized spacial score (nSPS) is 25.0. The van der Waals surface area contributed by atoms with E-state index in [1.807, 2.05) is 12.1 Å². The first-order valence-electron chi connectivity index (χ1n) is 6.72. The highest BCUT2D eigenvalue weighted by Crippen LogP contribution is 2.39. The second-order valence-corrected chi connectivity index (χ2v) is 5.01. The fourth-order valence-electron chi connectivity index (χ4n) is 2.76. The summed E-state index contributed by atoms with van der Waals surface area (Å²) in [6.07, 6.45) is 0.0974. The molecule has 1 saturated heterocycles. The zero-order valence-corrected chi connectivity index (χ0v) is 11.8. The van der Waals surface area contributed by atoms with Gasteiger partial charge in [-0.3, -0.25) is 0 Å². The van der Waals surface area contributed by atoms with Gasteiger partial charge in [0.2, 0.25) is 0 Å². The summed E-state index contributed by atoms with van der Waals surface area (Å²) in [5.41, 5.74) is 7.76. The molecule has 2 atom stereocenters. The van der Waals surface area contributed by atoms with Crippen LogP contribution in [0, 0.1) is 0 Å². The van der Waals surface area contributed by atoms with Crippen LogP contribution < -0.4 is 20.1 Å². The summed E-state index contributed by atoms with van der Waals surface area (Å²) in [5.74, 6) is 1.46. The van der Waals surface area contributed by atoms with E-state index in [1.165, 1.54) is 0 Å². The van der Waals surface area contributed by atoms with E-state index in [2.05, 4.69) is 4.90 Å². The molecule has 110 valence electrons. The molecule has 0 amide bonds. The van der Waals surface area contributed by atoms with E-state index >= 15 is 0 Å². The SMILES string of the molecule is COC1CN(c2cc3c(cc2N)OCCO3)CC1OC. The van der Waals surface area contributed by atoms with E-state index in [0.717, 1.165) is 24.5 Å². The van der Waals surface area contributed by atoms with Gasteiger partial charge in [0.1, 0.15) is 25.4 Å². The molecule has 0 aliphatic carbocycles. The number of hydrogen-bond donors (Lipinski definition) is 1. The Labute approximate surface area is 118 Å². The molecule has 0 bridgehead atoms. The highest BCUT2D eigenvalue weighted by Gasteiger charge is 2.34. The van der Waals surface area contributed by atoms with Crippen molar-refractivity contribution in [3.05, 3.63) is 12.1 Å². The topological polar surface area (TPSA) is 66.2 Å². The van der Waals surface area contributed by atoms with Crippen LogP contribution in [0.2, 0.25) is 0 Å². The maximum absolute atomic E-state index is 6.14. The molecule has 6 heteroatoms. The molecule has 3 rings (SSSR count). The number of nitrogen functional groups attached to an aromatic ring is 1. The Morgan fingerprint density at radius 2 is 1.60 bits per heavy atom. The number of nitrogens with zero attached hydrogens (tertiary/aromatic N) is 1. The van der Waals surface area contributed by atoms with Gasteiger partial charge in [0.05, 0.1) is 11.4 Å². The number of hydrogen-bond acceptors (Lipinski definition) is 6. The van der Waals surface area contributed by atoms with E-state index in [-0.39, 0.29) is 12.2 Å². The number of fused-ring (bicyclic) bond motifs is 1. The Kier molecular flexibility index (Phi) is 3.58. The van der Waals surface area contributed by atoms with Crippen LogP contribution in [0.15, 0.2) is 12.1 Å². The Balaban J connectivity index is 1.87. The van der Waals surface area contributed by atoms with Crippen molar-refractivity contribution in [3.8, 4) is 11.5 Å². The molecule has 1 aromatic rings. The summed E-state index contributed by atoms with van der Waals surface area (Å²) in [7, 11) is 3.40. The molecule has 1 fully saturated rings. The molecule has 0 radical (unpaired) electrons. The first kappa shape index (κ1) is 13.3. The largest absolute Gasteiger partial charge is 0.486 e. The van der Waals surface area contributed by atoms with Crippen molar-refractivity contribution in [1.82, 2.24) is 0 Å². The Morgan fingerprint density at radius 3 is 2.15 bits per heavy atom. The van der Waals surface area contributed by atoms with Crippen LogP contribution in [0.1, 0.15) is 0 Å². The van der Waals surface area contributed by atoms with Gasteiger partial charge < -0.3 is 29.6 Å². The molecule has 0 spiro atoms. The number of anilines is 2. The fraction of sp³-hybridized carbons (Fsp3) is 0.571. The van der Waals surface area contributed by atoms with Crippen LogP contribution in [-0.4, -0.2) is 52.7 Å². The fourth-order valence-corrected chi connectivity index (χ4v) is 2.76. The summed E-state index contributed by atoms with van der Waals surface area (Å²) >= 11 is 0. The average Bonchev–Trinajstić information content (AvgIpc) is 2.89. The molecule has 20 heavy (non-hydrogen) atoms. The van der Waals surface area contributed by atoms with Crippen LogP contribution in [0.25, 0.3) is 0 Å². The van der Waals surface area contributed by atoms with Gasteiger partial charge in [-0.2, -0.15) is 0 Å². The van der Waals surface area contributed by atoms with Crippen molar-refractivity contribution in [2.24, 2.45) is 0 Å². The second-order valence-electron chi connectivity index (χ2n) is 5.01. The summed E-state index contributed by atoms with van der Waals surface area (Å²) < 4.78 is 22.1. The van der Waals surface area contributed by atoms with Crippen LogP contribution in [0.3, 0.4) is 0 Å². The minimum atomic E-state index is 0.0487. The molecule has 0 saturated carbocycles. The first-order chi connectivity index (χ1) is 9.72. The molecule has 2 aliphatic rings.